The molecule has 14 rings (SSSR count). The largest absolute Gasteiger partial charge is 0.0622 e. The van der Waals surface area contributed by atoms with Gasteiger partial charge in [0.15, 0.2) is 0 Å². The lowest BCUT2D eigenvalue weighted by molar-refractivity contribution is 0.589. The third-order valence-corrected chi connectivity index (χ3v) is 16.4. The molecule has 0 heterocycles. The van der Waals surface area contributed by atoms with Crippen molar-refractivity contribution in [3.05, 3.63) is 216 Å². The fraction of sp³-hybridized carbons (Fsp3) is 0.139. The Morgan fingerprint density at radius 2 is 0.833 bits per heavy atom. The van der Waals surface area contributed by atoms with E-state index in [4.69, 9.17) is 0 Å². The van der Waals surface area contributed by atoms with Gasteiger partial charge in [0.05, 0.1) is 0 Å². The first-order valence-corrected chi connectivity index (χ1v) is 25.8. The van der Waals surface area contributed by atoms with Gasteiger partial charge in [-0.2, -0.15) is 0 Å². The van der Waals surface area contributed by atoms with Crippen LogP contribution in [0.4, 0.5) is 0 Å². The molecule has 0 amide bonds. The molecule has 14 aromatic carbocycles. The Balaban J connectivity index is 1.15. The molecule has 0 aliphatic carbocycles. The number of benzene rings is 12. The molecule has 0 saturated carbocycles. The van der Waals surface area contributed by atoms with E-state index in [1.165, 1.54) is 164 Å². The van der Waals surface area contributed by atoms with Crippen molar-refractivity contribution in [1.82, 2.24) is 0 Å². The summed E-state index contributed by atoms with van der Waals surface area (Å²) in [4.78, 5) is 0. The normalized spacial score (nSPS) is 12.7. The third kappa shape index (κ3) is 6.18. The van der Waals surface area contributed by atoms with Gasteiger partial charge < -0.3 is 0 Å². The van der Waals surface area contributed by atoms with Crippen molar-refractivity contribution in [2.24, 2.45) is 0 Å². The lowest BCUT2D eigenvalue weighted by Gasteiger charge is -2.24. The highest BCUT2D eigenvalue weighted by molar-refractivity contribution is 6.46. The second-order valence-electron chi connectivity index (χ2n) is 22.9. The summed E-state index contributed by atoms with van der Waals surface area (Å²) < 4.78 is 0. The van der Waals surface area contributed by atoms with Gasteiger partial charge in [0.25, 0.3) is 0 Å². The smallest absolute Gasteiger partial charge is 0.000697 e. The minimum Gasteiger partial charge on any atom is -0.0622 e. The first-order chi connectivity index (χ1) is 34.8. The highest BCUT2D eigenvalue weighted by Gasteiger charge is 2.28. The van der Waals surface area contributed by atoms with E-state index in [-0.39, 0.29) is 10.8 Å². The highest BCUT2D eigenvalue weighted by Crippen LogP contribution is 2.56. The summed E-state index contributed by atoms with van der Waals surface area (Å²) in [7, 11) is 0. The second kappa shape index (κ2) is 15.2. The van der Waals surface area contributed by atoms with Gasteiger partial charge in [-0.05, 0) is 219 Å². The van der Waals surface area contributed by atoms with E-state index < -0.39 is 0 Å². The van der Waals surface area contributed by atoms with Crippen LogP contribution in [0.15, 0.2) is 194 Å². The van der Waals surface area contributed by atoms with Gasteiger partial charge in [-0.1, -0.05) is 205 Å². The van der Waals surface area contributed by atoms with Crippen molar-refractivity contribution in [2.75, 3.05) is 0 Å². The van der Waals surface area contributed by atoms with Crippen LogP contribution in [0.25, 0.3) is 141 Å². The van der Waals surface area contributed by atoms with Crippen LogP contribution in [0.1, 0.15) is 63.8 Å². The quantitative estimate of drug-likeness (QED) is 0.154. The van der Waals surface area contributed by atoms with Crippen molar-refractivity contribution >= 4 is 97.0 Å². The zero-order chi connectivity index (χ0) is 48.9. The van der Waals surface area contributed by atoms with E-state index in [1.54, 1.807) is 0 Å². The predicted molar refractivity (Wildman–Crippen MR) is 315 cm³/mol. The molecule has 0 spiro atoms. The summed E-state index contributed by atoms with van der Waals surface area (Å²) in [5.41, 5.74) is 15.6. The monoisotopic (exact) mass is 920 g/mol. The standard InChI is InChI=1S/C72H56/c1-41-18-15-19-42(2)63(41)47-30-33-52-59(36-47)54-25-17-26-55-66(54)60(52)40-62-64(43-20-11-9-12-21-43)69-56-27-16-24-53-51-32-29-45(58-39-50(72(6,7)8)35-46-28-31-49(38-57(46)58)71(3,4)5)34-48(51)37-61(67(53)56)70(69)65(68(55)62)44-22-13-10-14-23-44/h9-40H,1-8H3. The zero-order valence-electron chi connectivity index (χ0n) is 42.5. The Kier molecular flexibility index (Phi) is 9.05. The predicted octanol–water partition coefficient (Wildman–Crippen LogP) is 20.8. The molecule has 0 nitrogen and oxygen atoms in total. The van der Waals surface area contributed by atoms with Crippen LogP contribution in [0, 0.1) is 13.8 Å². The van der Waals surface area contributed by atoms with Gasteiger partial charge in [0.1, 0.15) is 0 Å². The minimum atomic E-state index is -0.00483. The van der Waals surface area contributed by atoms with Crippen LogP contribution in [0.5, 0.6) is 0 Å². The third-order valence-electron chi connectivity index (χ3n) is 16.4. The maximum Gasteiger partial charge on any atom is -0.000697 e. The molecule has 0 unspecified atom stereocenters. The van der Waals surface area contributed by atoms with Crippen LogP contribution >= 0.6 is 0 Å². The van der Waals surface area contributed by atoms with Gasteiger partial charge in [-0.15, -0.1) is 0 Å². The zero-order valence-corrected chi connectivity index (χ0v) is 42.5. The molecule has 0 bridgehead atoms. The summed E-state index contributed by atoms with van der Waals surface area (Å²) in [5, 5.41) is 23.6. The van der Waals surface area contributed by atoms with Crippen molar-refractivity contribution < 1.29 is 0 Å². The fourth-order valence-electron chi connectivity index (χ4n) is 13.0. The summed E-state index contributed by atoms with van der Waals surface area (Å²) in [6.45, 7) is 18.4. The average molecular weight is 921 g/mol. The van der Waals surface area contributed by atoms with Gasteiger partial charge in [0.2, 0.25) is 0 Å². The summed E-state index contributed by atoms with van der Waals surface area (Å²) in [6, 6.07) is 74.9. The Labute approximate surface area is 421 Å². The number of hydrogen-bond donors (Lipinski definition) is 0. The van der Waals surface area contributed by atoms with Crippen LogP contribution in [-0.2, 0) is 10.8 Å². The Morgan fingerprint density at radius 1 is 0.250 bits per heavy atom. The Morgan fingerprint density at radius 3 is 1.53 bits per heavy atom. The average Bonchev–Trinajstić information content (AvgIpc) is 3.87. The van der Waals surface area contributed by atoms with Gasteiger partial charge in [-0.3, -0.25) is 0 Å². The molecule has 0 saturated heterocycles. The van der Waals surface area contributed by atoms with Crippen molar-refractivity contribution in [3.8, 4) is 44.5 Å². The van der Waals surface area contributed by atoms with Crippen molar-refractivity contribution in [2.45, 2.75) is 66.2 Å². The molecule has 72 heavy (non-hydrogen) atoms. The van der Waals surface area contributed by atoms with Crippen LogP contribution in [0.2, 0.25) is 0 Å². The molecule has 344 valence electrons. The second-order valence-corrected chi connectivity index (χ2v) is 22.9. The number of hydrogen-bond acceptors (Lipinski definition) is 0. The molecule has 0 aliphatic rings. The van der Waals surface area contributed by atoms with Crippen LogP contribution in [-0.4, -0.2) is 0 Å². The Hall–Kier alpha value is -8.06. The highest BCUT2D eigenvalue weighted by atomic mass is 14.3. The number of fused-ring (bicyclic) bond motifs is 11. The molecule has 0 N–H and O–H groups in total. The van der Waals surface area contributed by atoms with Crippen LogP contribution in [0.3, 0.4) is 0 Å². The summed E-state index contributed by atoms with van der Waals surface area (Å²) >= 11 is 0. The molecule has 0 aromatic heterocycles. The van der Waals surface area contributed by atoms with Gasteiger partial charge >= 0.3 is 0 Å². The van der Waals surface area contributed by atoms with E-state index in [9.17, 15) is 0 Å². The van der Waals surface area contributed by atoms with E-state index in [2.05, 4.69) is 250 Å². The van der Waals surface area contributed by atoms with Crippen molar-refractivity contribution in [1.29, 1.82) is 0 Å². The first kappa shape index (κ1) is 42.8. The molecule has 0 atom stereocenters. The minimum absolute atomic E-state index is 0.00483. The van der Waals surface area contributed by atoms with E-state index in [0.29, 0.717) is 0 Å². The molecule has 0 fully saturated rings. The SMILES string of the molecule is Cc1cccc(C)c1-c1ccc2c(c1)c1cccc3c4c(-c5ccccc5)c5c6cc7cc(-c8cc(C(C)(C)C)cc9ccc(C(C)(C)C)cc89)ccc7c7cccc(c5c(-c5ccccc5)c4cc2c13)c76. The molecular formula is C72H56. The summed E-state index contributed by atoms with van der Waals surface area (Å²) in [6.07, 6.45) is 0. The van der Waals surface area contributed by atoms with Gasteiger partial charge in [-0.25, -0.2) is 0 Å². The number of rotatable bonds is 4. The lowest BCUT2D eigenvalue weighted by Crippen LogP contribution is -2.12. The lowest BCUT2D eigenvalue weighted by atomic mass is 9.81. The first-order valence-electron chi connectivity index (χ1n) is 25.8. The van der Waals surface area contributed by atoms with E-state index >= 15 is 0 Å². The topological polar surface area (TPSA) is 0 Å². The molecule has 0 radical (unpaired) electrons. The van der Waals surface area contributed by atoms with Crippen LogP contribution < -0.4 is 0 Å². The van der Waals surface area contributed by atoms with Gasteiger partial charge in [0, 0.05) is 0 Å². The molecular weight excluding hydrogens is 865 g/mol. The Bertz CT molecular complexity index is 4530. The molecule has 0 heteroatoms. The van der Waals surface area contributed by atoms with E-state index in [1.807, 2.05) is 0 Å². The van der Waals surface area contributed by atoms with Crippen molar-refractivity contribution in [3.63, 3.8) is 0 Å². The summed E-state index contributed by atoms with van der Waals surface area (Å²) in [5.74, 6) is 0. The molecule has 0 aliphatic heterocycles. The fourth-order valence-corrected chi connectivity index (χ4v) is 13.0. The maximum atomic E-state index is 2.56. The van der Waals surface area contributed by atoms with E-state index in [0.717, 1.165) is 0 Å². The molecule has 14 aromatic rings. The maximum absolute atomic E-state index is 2.56. The number of aryl methyl sites for hydroxylation is 2.